The van der Waals surface area contributed by atoms with Crippen molar-refractivity contribution in [1.29, 1.82) is 5.26 Å². The number of rotatable bonds is 2. The fourth-order valence-electron chi connectivity index (χ4n) is 2.08. The van der Waals surface area contributed by atoms with Crippen molar-refractivity contribution in [3.63, 3.8) is 0 Å². The van der Waals surface area contributed by atoms with E-state index < -0.39 is 17.1 Å². The van der Waals surface area contributed by atoms with Gasteiger partial charge in [-0.15, -0.1) is 0 Å². The molecule has 0 bridgehead atoms. The molecular formula is C13H20N2O3. The van der Waals surface area contributed by atoms with E-state index in [0.29, 0.717) is 13.0 Å². The topological polar surface area (TPSA) is 70.4 Å². The lowest BCUT2D eigenvalue weighted by atomic mass is 9.79. The molecule has 1 fully saturated rings. The molecule has 0 aliphatic carbocycles. The van der Waals surface area contributed by atoms with Gasteiger partial charge in [-0.3, -0.25) is 0 Å². The van der Waals surface area contributed by atoms with E-state index in [9.17, 15) is 14.9 Å². The first-order chi connectivity index (χ1) is 8.32. The first-order valence-corrected chi connectivity index (χ1v) is 6.15. The molecule has 18 heavy (non-hydrogen) atoms. The molecule has 1 unspecified atom stereocenters. The van der Waals surface area contributed by atoms with Crippen LogP contribution < -0.4 is 0 Å². The van der Waals surface area contributed by atoms with Gasteiger partial charge < -0.3 is 14.4 Å². The van der Waals surface area contributed by atoms with E-state index in [4.69, 9.17) is 4.74 Å². The van der Waals surface area contributed by atoms with Gasteiger partial charge in [0.05, 0.1) is 11.5 Å². The summed E-state index contributed by atoms with van der Waals surface area (Å²) in [5.41, 5.74) is -1.29. The van der Waals surface area contributed by atoms with Crippen molar-refractivity contribution in [2.45, 2.75) is 45.6 Å². The molecule has 0 saturated carbocycles. The largest absolute Gasteiger partial charge is 0.444 e. The van der Waals surface area contributed by atoms with Gasteiger partial charge in [-0.25, -0.2) is 4.79 Å². The normalized spacial score (nSPS) is 24.2. The minimum Gasteiger partial charge on any atom is -0.444 e. The fraction of sp³-hybridized carbons (Fsp3) is 0.769. The summed E-state index contributed by atoms with van der Waals surface area (Å²) in [6.45, 7) is 6.27. The molecule has 100 valence electrons. The average molecular weight is 252 g/mol. The van der Waals surface area contributed by atoms with Gasteiger partial charge >= 0.3 is 6.09 Å². The van der Waals surface area contributed by atoms with Gasteiger partial charge in [0.15, 0.2) is 0 Å². The highest BCUT2D eigenvalue weighted by molar-refractivity contribution is 5.68. The smallest absolute Gasteiger partial charge is 0.410 e. The number of nitriles is 1. The highest BCUT2D eigenvalue weighted by atomic mass is 16.6. The molecule has 0 aromatic heterocycles. The van der Waals surface area contributed by atoms with Gasteiger partial charge in [0.2, 0.25) is 0 Å². The number of aldehydes is 1. The van der Waals surface area contributed by atoms with E-state index in [-0.39, 0.29) is 13.0 Å². The molecule has 1 rings (SSSR count). The molecule has 1 saturated heterocycles. The van der Waals surface area contributed by atoms with Crippen LogP contribution in [-0.4, -0.2) is 36.0 Å². The zero-order valence-corrected chi connectivity index (χ0v) is 11.2. The van der Waals surface area contributed by atoms with Crippen LogP contribution in [0.2, 0.25) is 0 Å². The minimum absolute atomic E-state index is 0.169. The van der Waals surface area contributed by atoms with Crippen LogP contribution >= 0.6 is 0 Å². The maximum absolute atomic E-state index is 11.9. The third-order valence-electron chi connectivity index (χ3n) is 2.94. The molecule has 1 amide bonds. The zero-order valence-electron chi connectivity index (χ0n) is 11.2. The van der Waals surface area contributed by atoms with Crippen LogP contribution in [0.5, 0.6) is 0 Å². The number of hydrogen-bond donors (Lipinski definition) is 0. The monoisotopic (exact) mass is 252 g/mol. The SMILES string of the molecule is CC(C)(C)OC(=O)N1CCCC(C#N)(CC=O)C1. The summed E-state index contributed by atoms with van der Waals surface area (Å²) in [5, 5.41) is 9.22. The van der Waals surface area contributed by atoms with E-state index in [2.05, 4.69) is 6.07 Å². The summed E-state index contributed by atoms with van der Waals surface area (Å²) in [5.74, 6) is 0. The lowest BCUT2D eigenvalue weighted by Gasteiger charge is -2.37. The Morgan fingerprint density at radius 1 is 1.56 bits per heavy atom. The fourth-order valence-corrected chi connectivity index (χ4v) is 2.08. The minimum atomic E-state index is -0.739. The summed E-state index contributed by atoms with van der Waals surface area (Å²) in [7, 11) is 0. The van der Waals surface area contributed by atoms with Gasteiger partial charge in [0.1, 0.15) is 11.9 Å². The van der Waals surface area contributed by atoms with Gasteiger partial charge in [-0.2, -0.15) is 5.26 Å². The Hall–Kier alpha value is -1.57. The van der Waals surface area contributed by atoms with E-state index in [1.807, 2.05) is 0 Å². The molecule has 0 radical (unpaired) electrons. The second-order valence-corrected chi connectivity index (χ2v) is 5.77. The Balaban J connectivity index is 2.72. The molecule has 1 aliphatic rings. The van der Waals surface area contributed by atoms with Crippen LogP contribution in [0.1, 0.15) is 40.0 Å². The maximum atomic E-state index is 11.9. The average Bonchev–Trinajstić information content (AvgIpc) is 2.27. The highest BCUT2D eigenvalue weighted by Gasteiger charge is 2.38. The van der Waals surface area contributed by atoms with E-state index >= 15 is 0 Å². The first-order valence-electron chi connectivity index (χ1n) is 6.15. The molecule has 1 atom stereocenters. The number of amides is 1. The van der Waals surface area contributed by atoms with Crippen molar-refractivity contribution >= 4 is 12.4 Å². The second-order valence-electron chi connectivity index (χ2n) is 5.77. The summed E-state index contributed by atoms with van der Waals surface area (Å²) in [6.07, 6.45) is 1.89. The van der Waals surface area contributed by atoms with Gasteiger partial charge in [0, 0.05) is 19.5 Å². The number of hydrogen-bond acceptors (Lipinski definition) is 4. The van der Waals surface area contributed by atoms with Crippen molar-refractivity contribution in [2.24, 2.45) is 5.41 Å². The number of carbonyl (C=O) groups excluding carboxylic acids is 2. The van der Waals surface area contributed by atoms with Crippen LogP contribution in [0.25, 0.3) is 0 Å². The summed E-state index contributed by atoms with van der Waals surface area (Å²) < 4.78 is 5.28. The number of likely N-dealkylation sites (tertiary alicyclic amines) is 1. The third kappa shape index (κ3) is 3.73. The van der Waals surface area contributed by atoms with Crippen molar-refractivity contribution < 1.29 is 14.3 Å². The Morgan fingerprint density at radius 3 is 2.72 bits per heavy atom. The number of ether oxygens (including phenoxy) is 1. The third-order valence-corrected chi connectivity index (χ3v) is 2.94. The zero-order chi connectivity index (χ0) is 13.8. The molecule has 0 spiro atoms. The molecule has 5 heteroatoms. The quantitative estimate of drug-likeness (QED) is 0.706. The van der Waals surface area contributed by atoms with Crippen LogP contribution in [0.15, 0.2) is 0 Å². The van der Waals surface area contributed by atoms with Crippen molar-refractivity contribution in [2.75, 3.05) is 13.1 Å². The molecular weight excluding hydrogens is 232 g/mol. The van der Waals surface area contributed by atoms with Gasteiger partial charge in [-0.05, 0) is 33.6 Å². The summed E-state index contributed by atoms with van der Waals surface area (Å²) >= 11 is 0. The maximum Gasteiger partial charge on any atom is 0.410 e. The Bertz CT molecular complexity index is 367. The molecule has 0 aromatic rings. The van der Waals surface area contributed by atoms with Crippen molar-refractivity contribution in [1.82, 2.24) is 4.90 Å². The van der Waals surface area contributed by atoms with E-state index in [1.165, 1.54) is 4.90 Å². The highest BCUT2D eigenvalue weighted by Crippen LogP contribution is 2.32. The van der Waals surface area contributed by atoms with Gasteiger partial charge in [-0.1, -0.05) is 0 Å². The molecule has 5 nitrogen and oxygen atoms in total. The molecule has 1 heterocycles. The number of piperidine rings is 1. The van der Waals surface area contributed by atoms with Crippen LogP contribution in [0.4, 0.5) is 4.79 Å². The summed E-state index contributed by atoms with van der Waals surface area (Å²) in [6, 6.07) is 2.19. The second kappa shape index (κ2) is 5.38. The van der Waals surface area contributed by atoms with E-state index in [0.717, 1.165) is 12.7 Å². The molecule has 1 aliphatic heterocycles. The van der Waals surface area contributed by atoms with Gasteiger partial charge in [0.25, 0.3) is 0 Å². The van der Waals surface area contributed by atoms with Crippen molar-refractivity contribution in [3.05, 3.63) is 0 Å². The summed E-state index contributed by atoms with van der Waals surface area (Å²) in [4.78, 5) is 24.1. The lowest BCUT2D eigenvalue weighted by molar-refractivity contribution is -0.109. The Labute approximate surface area is 108 Å². The first kappa shape index (κ1) is 14.5. The standard InChI is InChI=1S/C13H20N2O3/c1-12(2,3)18-11(17)15-7-4-5-13(9-14,10-15)6-8-16/h8H,4-7,10H2,1-3H3. The Kier molecular flexibility index (Phi) is 4.33. The predicted molar refractivity (Wildman–Crippen MR) is 65.8 cm³/mol. The Morgan fingerprint density at radius 2 is 2.22 bits per heavy atom. The van der Waals surface area contributed by atoms with E-state index in [1.54, 1.807) is 20.8 Å². The predicted octanol–water partition coefficient (Wildman–Crippen LogP) is 2.12. The molecule has 0 aromatic carbocycles. The van der Waals surface area contributed by atoms with Crippen LogP contribution in [-0.2, 0) is 9.53 Å². The van der Waals surface area contributed by atoms with Crippen LogP contribution in [0, 0.1) is 16.7 Å². The lowest BCUT2D eigenvalue weighted by Crippen LogP contribution is -2.47. The number of nitrogens with zero attached hydrogens (tertiary/aromatic N) is 2. The van der Waals surface area contributed by atoms with Crippen molar-refractivity contribution in [3.8, 4) is 6.07 Å². The van der Waals surface area contributed by atoms with Crippen LogP contribution in [0.3, 0.4) is 0 Å². The number of carbonyl (C=O) groups is 2. The molecule has 0 N–H and O–H groups in total.